The molecule has 0 heterocycles. The Morgan fingerprint density at radius 3 is 2.63 bits per heavy atom. The predicted molar refractivity (Wildman–Crippen MR) is 72.8 cm³/mol. The molecule has 0 amide bonds. The van der Waals surface area contributed by atoms with Gasteiger partial charge in [0.05, 0.1) is 0 Å². The minimum Gasteiger partial charge on any atom is -0.323 e. The Morgan fingerprint density at radius 1 is 1.32 bits per heavy atom. The Hall–Kier alpha value is -1.00. The van der Waals surface area contributed by atoms with Gasteiger partial charge in [0.25, 0.3) is 0 Å². The van der Waals surface area contributed by atoms with E-state index >= 15 is 0 Å². The standard InChI is InChI=1S/C15H22F2N2/c1-2-3-8-19(12-5-6-12)10-15(18)11-4-7-13(16)14(17)9-11/h4,7,9,12,15H,2-3,5-6,8,10,18H2,1H3. The van der Waals surface area contributed by atoms with Crippen molar-refractivity contribution in [1.29, 1.82) is 0 Å². The van der Waals surface area contributed by atoms with Crippen LogP contribution in [-0.2, 0) is 0 Å². The van der Waals surface area contributed by atoms with Crippen LogP contribution in [-0.4, -0.2) is 24.0 Å². The molecule has 2 nitrogen and oxygen atoms in total. The van der Waals surface area contributed by atoms with Crippen molar-refractivity contribution >= 4 is 0 Å². The van der Waals surface area contributed by atoms with Crippen molar-refractivity contribution in [3.05, 3.63) is 35.4 Å². The Bertz CT molecular complexity index is 419. The molecule has 2 rings (SSSR count). The van der Waals surface area contributed by atoms with E-state index in [1.165, 1.54) is 18.9 Å². The number of nitrogens with zero attached hydrogens (tertiary/aromatic N) is 1. The minimum absolute atomic E-state index is 0.257. The van der Waals surface area contributed by atoms with Gasteiger partial charge < -0.3 is 5.73 Å². The Kier molecular flexibility index (Phi) is 4.88. The summed E-state index contributed by atoms with van der Waals surface area (Å²) in [4.78, 5) is 2.38. The number of hydrogen-bond acceptors (Lipinski definition) is 2. The molecular weight excluding hydrogens is 246 g/mol. The molecule has 1 aliphatic carbocycles. The molecule has 4 heteroatoms. The number of benzene rings is 1. The van der Waals surface area contributed by atoms with E-state index in [-0.39, 0.29) is 6.04 Å². The van der Waals surface area contributed by atoms with Crippen LogP contribution < -0.4 is 5.73 Å². The zero-order valence-electron chi connectivity index (χ0n) is 11.4. The van der Waals surface area contributed by atoms with Gasteiger partial charge in [-0.25, -0.2) is 8.78 Å². The summed E-state index contributed by atoms with van der Waals surface area (Å²) < 4.78 is 26.1. The molecule has 1 saturated carbocycles. The lowest BCUT2D eigenvalue weighted by atomic mass is 10.1. The summed E-state index contributed by atoms with van der Waals surface area (Å²) in [6.07, 6.45) is 4.77. The highest BCUT2D eigenvalue weighted by atomic mass is 19.2. The number of nitrogens with two attached hydrogens (primary N) is 1. The highest BCUT2D eigenvalue weighted by molar-refractivity contribution is 5.21. The van der Waals surface area contributed by atoms with Gasteiger partial charge in [0.15, 0.2) is 11.6 Å². The van der Waals surface area contributed by atoms with Crippen molar-refractivity contribution in [2.24, 2.45) is 5.73 Å². The van der Waals surface area contributed by atoms with Crippen LogP contribution in [0.5, 0.6) is 0 Å². The quantitative estimate of drug-likeness (QED) is 0.822. The van der Waals surface area contributed by atoms with Gasteiger partial charge in [-0.3, -0.25) is 4.90 Å². The SMILES string of the molecule is CCCCN(CC(N)c1ccc(F)c(F)c1)C1CC1. The third-order valence-electron chi connectivity index (χ3n) is 3.67. The fraction of sp³-hybridized carbons (Fsp3) is 0.600. The fourth-order valence-electron chi connectivity index (χ4n) is 2.32. The molecular formula is C15H22F2N2. The van der Waals surface area contributed by atoms with Crippen LogP contribution in [0.25, 0.3) is 0 Å². The molecule has 0 saturated heterocycles. The van der Waals surface area contributed by atoms with E-state index in [4.69, 9.17) is 5.73 Å². The highest BCUT2D eigenvalue weighted by Crippen LogP contribution is 2.28. The van der Waals surface area contributed by atoms with E-state index in [0.29, 0.717) is 11.6 Å². The van der Waals surface area contributed by atoms with Crippen LogP contribution in [0.2, 0.25) is 0 Å². The van der Waals surface area contributed by atoms with Crippen molar-refractivity contribution in [2.45, 2.75) is 44.7 Å². The van der Waals surface area contributed by atoms with Gasteiger partial charge in [0.2, 0.25) is 0 Å². The van der Waals surface area contributed by atoms with Crippen LogP contribution in [0, 0.1) is 11.6 Å². The zero-order chi connectivity index (χ0) is 13.8. The van der Waals surface area contributed by atoms with E-state index in [9.17, 15) is 8.78 Å². The van der Waals surface area contributed by atoms with E-state index in [0.717, 1.165) is 32.0 Å². The first-order valence-electron chi connectivity index (χ1n) is 7.06. The highest BCUT2D eigenvalue weighted by Gasteiger charge is 2.29. The van der Waals surface area contributed by atoms with Crippen LogP contribution in [0.4, 0.5) is 8.78 Å². The third kappa shape index (κ3) is 3.98. The average molecular weight is 268 g/mol. The molecule has 1 atom stereocenters. The number of hydrogen-bond donors (Lipinski definition) is 1. The summed E-state index contributed by atoms with van der Waals surface area (Å²) in [7, 11) is 0. The minimum atomic E-state index is -0.820. The molecule has 0 aliphatic heterocycles. The third-order valence-corrected chi connectivity index (χ3v) is 3.67. The van der Waals surface area contributed by atoms with Crippen molar-refractivity contribution in [3.8, 4) is 0 Å². The normalized spacial score (nSPS) is 16.9. The summed E-state index contributed by atoms with van der Waals surface area (Å²) in [5.74, 6) is -1.64. The van der Waals surface area contributed by atoms with Gasteiger partial charge in [-0.1, -0.05) is 19.4 Å². The molecule has 1 aromatic rings. The number of halogens is 2. The summed E-state index contributed by atoms with van der Waals surface area (Å²) >= 11 is 0. The van der Waals surface area contributed by atoms with Gasteiger partial charge in [0, 0.05) is 18.6 Å². The molecule has 106 valence electrons. The van der Waals surface area contributed by atoms with Crippen molar-refractivity contribution in [3.63, 3.8) is 0 Å². The largest absolute Gasteiger partial charge is 0.323 e. The van der Waals surface area contributed by atoms with Crippen LogP contribution in [0.15, 0.2) is 18.2 Å². The Morgan fingerprint density at radius 2 is 2.05 bits per heavy atom. The van der Waals surface area contributed by atoms with Gasteiger partial charge in [0.1, 0.15) is 0 Å². The second kappa shape index (κ2) is 6.44. The van der Waals surface area contributed by atoms with Gasteiger partial charge in [-0.15, -0.1) is 0 Å². The Balaban J connectivity index is 1.97. The van der Waals surface area contributed by atoms with Gasteiger partial charge in [-0.05, 0) is 43.5 Å². The maximum atomic E-state index is 13.2. The van der Waals surface area contributed by atoms with E-state index in [1.54, 1.807) is 6.07 Å². The molecule has 1 fully saturated rings. The lowest BCUT2D eigenvalue weighted by Crippen LogP contribution is -2.34. The predicted octanol–water partition coefficient (Wildman–Crippen LogP) is 3.23. The van der Waals surface area contributed by atoms with E-state index in [1.807, 2.05) is 0 Å². The number of rotatable bonds is 7. The smallest absolute Gasteiger partial charge is 0.159 e. The maximum Gasteiger partial charge on any atom is 0.159 e. The molecule has 2 N–H and O–H groups in total. The molecule has 0 spiro atoms. The first kappa shape index (κ1) is 14.4. The summed E-state index contributed by atoms with van der Waals surface area (Å²) in [5.41, 5.74) is 6.79. The molecule has 1 unspecified atom stereocenters. The molecule has 0 aromatic heterocycles. The second-order valence-corrected chi connectivity index (χ2v) is 5.36. The topological polar surface area (TPSA) is 29.3 Å². The van der Waals surface area contributed by atoms with E-state index in [2.05, 4.69) is 11.8 Å². The van der Waals surface area contributed by atoms with Gasteiger partial charge in [-0.2, -0.15) is 0 Å². The second-order valence-electron chi connectivity index (χ2n) is 5.36. The molecule has 1 aromatic carbocycles. The molecule has 1 aliphatic rings. The van der Waals surface area contributed by atoms with Crippen LogP contribution >= 0.6 is 0 Å². The Labute approximate surface area is 113 Å². The van der Waals surface area contributed by atoms with Crippen LogP contribution in [0.1, 0.15) is 44.2 Å². The first-order chi connectivity index (χ1) is 9.11. The first-order valence-corrected chi connectivity index (χ1v) is 7.06. The lowest BCUT2D eigenvalue weighted by molar-refractivity contribution is 0.243. The fourth-order valence-corrected chi connectivity index (χ4v) is 2.32. The lowest BCUT2D eigenvalue weighted by Gasteiger charge is -2.25. The number of unbranched alkanes of at least 4 members (excludes halogenated alkanes) is 1. The molecule has 0 bridgehead atoms. The molecule has 19 heavy (non-hydrogen) atoms. The summed E-state index contributed by atoms with van der Waals surface area (Å²) in [5, 5.41) is 0. The average Bonchev–Trinajstić information content (AvgIpc) is 3.21. The van der Waals surface area contributed by atoms with Crippen molar-refractivity contribution in [1.82, 2.24) is 4.90 Å². The van der Waals surface area contributed by atoms with E-state index < -0.39 is 11.6 Å². The summed E-state index contributed by atoms with van der Waals surface area (Å²) in [6.45, 7) is 3.93. The maximum absolute atomic E-state index is 13.2. The van der Waals surface area contributed by atoms with Crippen LogP contribution in [0.3, 0.4) is 0 Å². The van der Waals surface area contributed by atoms with Crippen molar-refractivity contribution < 1.29 is 8.78 Å². The molecule has 0 radical (unpaired) electrons. The van der Waals surface area contributed by atoms with Gasteiger partial charge >= 0.3 is 0 Å². The zero-order valence-corrected chi connectivity index (χ0v) is 11.4. The summed E-state index contributed by atoms with van der Waals surface area (Å²) in [6, 6.07) is 4.33. The monoisotopic (exact) mass is 268 g/mol. The van der Waals surface area contributed by atoms with Crippen molar-refractivity contribution in [2.75, 3.05) is 13.1 Å².